The van der Waals surface area contributed by atoms with Crippen LogP contribution >= 0.6 is 0 Å². The van der Waals surface area contributed by atoms with Gasteiger partial charge in [-0.3, -0.25) is 4.79 Å². The van der Waals surface area contributed by atoms with Gasteiger partial charge in [0.25, 0.3) is 0 Å². The fourth-order valence-corrected chi connectivity index (χ4v) is 6.62. The molecule has 2 heterocycles. The van der Waals surface area contributed by atoms with E-state index in [1.807, 2.05) is 13.8 Å². The molecule has 2 saturated heterocycles. The minimum Gasteiger partial charge on any atom is -0.493 e. The first-order chi connectivity index (χ1) is 21.4. The number of aliphatic hydroxyl groups excluding tert-OH is 5. The van der Waals surface area contributed by atoms with Crippen LogP contribution in [0.2, 0.25) is 0 Å². The minimum atomic E-state index is -1.68. The van der Waals surface area contributed by atoms with Gasteiger partial charge in [-0.25, -0.2) is 9.18 Å². The molecule has 3 fully saturated rings. The van der Waals surface area contributed by atoms with Crippen molar-refractivity contribution in [3.8, 4) is 5.75 Å². The van der Waals surface area contributed by atoms with Gasteiger partial charge in [-0.2, -0.15) is 0 Å². The number of hydrogen-bond donors (Lipinski definition) is 6. The van der Waals surface area contributed by atoms with Gasteiger partial charge in [-0.05, 0) is 68.9 Å². The summed E-state index contributed by atoms with van der Waals surface area (Å²) >= 11 is 0. The number of nitrogens with one attached hydrogen (secondary N) is 1. The summed E-state index contributed by atoms with van der Waals surface area (Å²) in [6, 6.07) is 4.61. The Morgan fingerprint density at radius 1 is 1.02 bits per heavy atom. The van der Waals surface area contributed by atoms with Gasteiger partial charge in [0.1, 0.15) is 29.9 Å². The molecule has 0 aromatic heterocycles. The molecule has 4 atom stereocenters. The average molecular weight is 640 g/mol. The highest BCUT2D eigenvalue weighted by Gasteiger charge is 2.46. The summed E-state index contributed by atoms with van der Waals surface area (Å²) in [5, 5.41) is 50.7. The van der Waals surface area contributed by atoms with Crippen molar-refractivity contribution in [3.63, 3.8) is 0 Å². The van der Waals surface area contributed by atoms with Crippen LogP contribution in [0.1, 0.15) is 51.5 Å². The van der Waals surface area contributed by atoms with Gasteiger partial charge in [0.2, 0.25) is 5.91 Å². The lowest BCUT2D eigenvalue weighted by Gasteiger charge is -2.52. The van der Waals surface area contributed by atoms with E-state index in [0.29, 0.717) is 48.9 Å². The third kappa shape index (κ3) is 9.49. The molecule has 1 aliphatic carbocycles. The average Bonchev–Trinajstić information content (AvgIpc) is 2.97. The molecule has 1 saturated carbocycles. The Bertz CT molecular complexity index is 1120. The van der Waals surface area contributed by atoms with E-state index in [-0.39, 0.29) is 37.0 Å². The SMILES string of the molecule is CC(C)OC(=O)N1CCC2(CC1)CC(CCOc1ccc(CC(=O)N3CC(CNCC(O)C(O)C(O)C(O)CO)C3)c(F)c1)C2. The van der Waals surface area contributed by atoms with E-state index >= 15 is 0 Å². The van der Waals surface area contributed by atoms with Crippen molar-refractivity contribution >= 4 is 12.0 Å². The highest BCUT2D eigenvalue weighted by atomic mass is 19.1. The van der Waals surface area contributed by atoms with Crippen LogP contribution < -0.4 is 10.1 Å². The zero-order valence-electron chi connectivity index (χ0n) is 26.3. The van der Waals surface area contributed by atoms with Crippen LogP contribution in [0, 0.1) is 23.1 Å². The first kappa shape index (κ1) is 35.3. The van der Waals surface area contributed by atoms with E-state index < -0.39 is 36.8 Å². The van der Waals surface area contributed by atoms with Gasteiger partial charge in [-0.15, -0.1) is 0 Å². The Morgan fingerprint density at radius 3 is 2.31 bits per heavy atom. The molecular weight excluding hydrogens is 589 g/mol. The number of halogens is 1. The van der Waals surface area contributed by atoms with Gasteiger partial charge < -0.3 is 50.1 Å². The van der Waals surface area contributed by atoms with E-state index in [0.717, 1.165) is 45.2 Å². The summed E-state index contributed by atoms with van der Waals surface area (Å²) in [5.41, 5.74) is 0.620. The number of ether oxygens (including phenoxy) is 2. The van der Waals surface area contributed by atoms with Crippen molar-refractivity contribution in [3.05, 3.63) is 29.6 Å². The molecule has 1 aromatic carbocycles. The summed E-state index contributed by atoms with van der Waals surface area (Å²) in [7, 11) is 0. The number of benzene rings is 1. The molecule has 0 bridgehead atoms. The molecule has 3 aliphatic rings. The lowest BCUT2D eigenvalue weighted by atomic mass is 9.57. The van der Waals surface area contributed by atoms with Gasteiger partial charge in [-0.1, -0.05) is 6.07 Å². The molecular formula is C32H50FN3O9. The number of piperidine rings is 1. The second kappa shape index (κ2) is 15.8. The van der Waals surface area contributed by atoms with Gasteiger partial charge in [0, 0.05) is 51.3 Å². The first-order valence-electron chi connectivity index (χ1n) is 16.1. The second-order valence-electron chi connectivity index (χ2n) is 13.4. The van der Waals surface area contributed by atoms with Crippen LogP contribution in [0.15, 0.2) is 18.2 Å². The molecule has 4 unspecified atom stereocenters. The van der Waals surface area contributed by atoms with Crippen molar-refractivity contribution in [1.29, 1.82) is 0 Å². The van der Waals surface area contributed by atoms with Crippen LogP contribution in [-0.2, 0) is 16.0 Å². The van der Waals surface area contributed by atoms with Crippen molar-refractivity contribution in [2.75, 3.05) is 52.5 Å². The molecule has 6 N–H and O–H groups in total. The molecule has 4 rings (SSSR count). The Balaban J connectivity index is 1.08. The highest BCUT2D eigenvalue weighted by molar-refractivity contribution is 5.79. The van der Waals surface area contributed by atoms with E-state index in [2.05, 4.69) is 5.32 Å². The number of amides is 2. The Morgan fingerprint density at radius 2 is 1.69 bits per heavy atom. The number of carbonyl (C=O) groups excluding carboxylic acids is 2. The van der Waals surface area contributed by atoms with E-state index in [4.69, 9.17) is 14.6 Å². The van der Waals surface area contributed by atoms with E-state index in [1.165, 1.54) is 6.07 Å². The van der Waals surface area contributed by atoms with Crippen molar-refractivity contribution < 1.29 is 49.0 Å². The van der Waals surface area contributed by atoms with Crippen LogP contribution in [0.3, 0.4) is 0 Å². The topological polar surface area (TPSA) is 172 Å². The number of nitrogens with zero attached hydrogens (tertiary/aromatic N) is 2. The summed E-state index contributed by atoms with van der Waals surface area (Å²) < 4.78 is 25.9. The van der Waals surface area contributed by atoms with Gasteiger partial charge in [0.05, 0.1) is 31.8 Å². The zero-order chi connectivity index (χ0) is 32.7. The summed E-state index contributed by atoms with van der Waals surface area (Å²) in [4.78, 5) is 28.2. The fraction of sp³-hybridized carbons (Fsp3) is 0.750. The molecule has 1 spiro atoms. The molecule has 1 aromatic rings. The van der Waals surface area contributed by atoms with Crippen molar-refractivity contribution in [2.24, 2.45) is 17.3 Å². The van der Waals surface area contributed by atoms with Crippen LogP contribution in [-0.4, -0.2) is 130 Å². The number of aliphatic hydroxyl groups is 5. The maximum atomic E-state index is 14.8. The molecule has 254 valence electrons. The molecule has 45 heavy (non-hydrogen) atoms. The highest BCUT2D eigenvalue weighted by Crippen LogP contribution is 2.53. The maximum Gasteiger partial charge on any atom is 0.410 e. The summed E-state index contributed by atoms with van der Waals surface area (Å²) in [5.74, 6) is 0.462. The van der Waals surface area contributed by atoms with Crippen molar-refractivity contribution in [2.45, 2.75) is 82.9 Å². The molecule has 0 radical (unpaired) electrons. The minimum absolute atomic E-state index is 0.0429. The molecule has 12 nitrogen and oxygen atoms in total. The maximum absolute atomic E-state index is 14.8. The normalized spacial score (nSPS) is 21.2. The molecule has 2 aliphatic heterocycles. The molecule has 13 heteroatoms. The Kier molecular flexibility index (Phi) is 12.4. The first-order valence-corrected chi connectivity index (χ1v) is 16.1. The van der Waals surface area contributed by atoms with Crippen LogP contribution in [0.25, 0.3) is 0 Å². The monoisotopic (exact) mass is 639 g/mol. The lowest BCUT2D eigenvalue weighted by Crippen LogP contribution is -2.55. The smallest absolute Gasteiger partial charge is 0.410 e. The number of hydrogen-bond acceptors (Lipinski definition) is 10. The van der Waals surface area contributed by atoms with Crippen LogP contribution in [0.4, 0.5) is 9.18 Å². The predicted octanol–water partition coefficient (Wildman–Crippen LogP) is 0.658. The summed E-state index contributed by atoms with van der Waals surface area (Å²) in [6.45, 7) is 6.32. The largest absolute Gasteiger partial charge is 0.493 e. The zero-order valence-corrected chi connectivity index (χ0v) is 26.3. The standard InChI is InChI=1S/C32H50FN3O9/c1-20(2)45-31(43)35-8-6-32(7-9-35)13-21(14-32)5-10-44-24-4-3-23(25(33)12-24)11-28(40)36-17-22(18-36)15-34-16-26(38)29(41)30(42)27(39)19-37/h3-4,12,20-22,26-27,29-30,34,37-39,41-42H,5-11,13-19H2,1-2H3. The third-order valence-corrected chi connectivity index (χ3v) is 9.45. The second-order valence-corrected chi connectivity index (χ2v) is 13.4. The summed E-state index contributed by atoms with van der Waals surface area (Å²) in [6.07, 6.45) is -1.46. The Hall–Kier alpha value is -2.55. The van der Waals surface area contributed by atoms with E-state index in [1.54, 1.807) is 21.9 Å². The third-order valence-electron chi connectivity index (χ3n) is 9.45. The van der Waals surface area contributed by atoms with Crippen molar-refractivity contribution in [1.82, 2.24) is 15.1 Å². The number of likely N-dealkylation sites (tertiary alicyclic amines) is 2. The Labute approximate surface area is 264 Å². The fourth-order valence-electron chi connectivity index (χ4n) is 6.62. The van der Waals surface area contributed by atoms with Crippen LogP contribution in [0.5, 0.6) is 5.75 Å². The number of carbonyl (C=O) groups is 2. The lowest BCUT2D eigenvalue weighted by molar-refractivity contribution is -0.136. The van der Waals surface area contributed by atoms with Gasteiger partial charge in [0.15, 0.2) is 0 Å². The van der Waals surface area contributed by atoms with E-state index in [9.17, 15) is 34.4 Å². The predicted molar refractivity (Wildman–Crippen MR) is 162 cm³/mol. The number of rotatable bonds is 15. The molecule has 2 amide bonds. The van der Waals surface area contributed by atoms with Gasteiger partial charge >= 0.3 is 6.09 Å². The quantitative estimate of drug-likeness (QED) is 0.160.